The summed E-state index contributed by atoms with van der Waals surface area (Å²) in [6.45, 7) is 0.947. The second-order valence-electron chi connectivity index (χ2n) is 7.85. The van der Waals surface area contributed by atoms with Crippen LogP contribution in [0.25, 0.3) is 0 Å². The summed E-state index contributed by atoms with van der Waals surface area (Å²) in [6, 6.07) is -0.169. The van der Waals surface area contributed by atoms with Gasteiger partial charge in [-0.25, -0.2) is 0 Å². The standard InChI is InChI=1S/C18H28N2O4/c21-15(8-5-11-3-1-2-4-11)19-13-9-23-17-14(10-24-16(13)17)20-18(22)12-6-7-12/h11-14,16-17H,1-10H2,(H,19,21)(H,20,22)/t13-,14-,16+,17+/m0/s1. The minimum absolute atomic E-state index is 0.0801. The van der Waals surface area contributed by atoms with Crippen LogP contribution in [0.15, 0.2) is 0 Å². The Labute approximate surface area is 143 Å². The Hall–Kier alpha value is -1.14. The first-order chi connectivity index (χ1) is 11.7. The van der Waals surface area contributed by atoms with Crippen molar-refractivity contribution >= 4 is 11.8 Å². The van der Waals surface area contributed by atoms with Crippen LogP contribution in [0.1, 0.15) is 51.4 Å². The van der Waals surface area contributed by atoms with Gasteiger partial charge in [0.05, 0.1) is 25.3 Å². The molecule has 4 rings (SSSR count). The minimum Gasteiger partial charge on any atom is -0.371 e. The number of fused-ring (bicyclic) bond motifs is 1. The molecule has 6 heteroatoms. The first-order valence-corrected chi connectivity index (χ1v) is 9.53. The van der Waals surface area contributed by atoms with Gasteiger partial charge in [-0.2, -0.15) is 0 Å². The van der Waals surface area contributed by atoms with Crippen molar-refractivity contribution in [2.24, 2.45) is 11.8 Å². The van der Waals surface area contributed by atoms with Crippen molar-refractivity contribution < 1.29 is 19.1 Å². The normalized spacial score (nSPS) is 35.8. The Morgan fingerprint density at radius 1 is 0.875 bits per heavy atom. The number of hydrogen-bond donors (Lipinski definition) is 2. The predicted octanol–water partition coefficient (Wildman–Crippen LogP) is 1.13. The molecular weight excluding hydrogens is 308 g/mol. The predicted molar refractivity (Wildman–Crippen MR) is 87.3 cm³/mol. The molecular formula is C18H28N2O4. The quantitative estimate of drug-likeness (QED) is 0.762. The Bertz CT molecular complexity index is 487. The van der Waals surface area contributed by atoms with E-state index in [4.69, 9.17) is 9.47 Å². The topological polar surface area (TPSA) is 76.7 Å². The van der Waals surface area contributed by atoms with E-state index in [0.717, 1.165) is 25.2 Å². The van der Waals surface area contributed by atoms with Crippen molar-refractivity contribution in [1.29, 1.82) is 0 Å². The number of rotatable bonds is 6. The van der Waals surface area contributed by atoms with E-state index in [1.54, 1.807) is 0 Å². The average molecular weight is 336 g/mol. The molecule has 4 aliphatic rings. The maximum absolute atomic E-state index is 12.2. The van der Waals surface area contributed by atoms with Crippen LogP contribution >= 0.6 is 0 Å². The van der Waals surface area contributed by atoms with Crippen LogP contribution in [0, 0.1) is 11.8 Å². The molecule has 2 saturated heterocycles. The van der Waals surface area contributed by atoms with Crippen LogP contribution in [0.5, 0.6) is 0 Å². The summed E-state index contributed by atoms with van der Waals surface area (Å²) in [5.41, 5.74) is 0. The summed E-state index contributed by atoms with van der Waals surface area (Å²) in [7, 11) is 0. The number of amides is 2. The van der Waals surface area contributed by atoms with Gasteiger partial charge in [0.15, 0.2) is 0 Å². The van der Waals surface area contributed by atoms with E-state index in [9.17, 15) is 9.59 Å². The molecule has 0 aromatic carbocycles. The Balaban J connectivity index is 1.22. The monoisotopic (exact) mass is 336 g/mol. The maximum Gasteiger partial charge on any atom is 0.223 e. The third-order valence-electron chi connectivity index (χ3n) is 5.93. The van der Waals surface area contributed by atoms with Crippen molar-refractivity contribution in [2.45, 2.75) is 75.7 Å². The van der Waals surface area contributed by atoms with Crippen LogP contribution in [-0.4, -0.2) is 49.3 Å². The third kappa shape index (κ3) is 3.59. The van der Waals surface area contributed by atoms with Gasteiger partial charge in [0, 0.05) is 12.3 Å². The van der Waals surface area contributed by atoms with E-state index in [1.807, 2.05) is 0 Å². The zero-order valence-electron chi connectivity index (χ0n) is 14.2. The fourth-order valence-corrected chi connectivity index (χ4v) is 4.31. The molecule has 0 spiro atoms. The number of carbonyl (C=O) groups excluding carboxylic acids is 2. The molecule has 2 N–H and O–H groups in total. The lowest BCUT2D eigenvalue weighted by Gasteiger charge is -2.18. The zero-order chi connectivity index (χ0) is 16.5. The molecule has 0 bridgehead atoms. The first-order valence-electron chi connectivity index (χ1n) is 9.53. The number of nitrogens with one attached hydrogen (secondary N) is 2. The fraction of sp³-hybridized carbons (Fsp3) is 0.889. The van der Waals surface area contributed by atoms with Gasteiger partial charge in [-0.1, -0.05) is 25.7 Å². The van der Waals surface area contributed by atoms with E-state index in [1.165, 1.54) is 25.7 Å². The first kappa shape index (κ1) is 16.3. The molecule has 2 amide bonds. The van der Waals surface area contributed by atoms with E-state index in [-0.39, 0.29) is 42.0 Å². The highest BCUT2D eigenvalue weighted by Crippen LogP contribution is 2.32. The summed E-state index contributed by atoms with van der Waals surface area (Å²) >= 11 is 0. The van der Waals surface area contributed by atoms with Gasteiger partial charge in [-0.05, 0) is 25.2 Å². The Kier molecular flexibility index (Phi) is 4.77. The van der Waals surface area contributed by atoms with E-state index in [2.05, 4.69) is 10.6 Å². The zero-order valence-corrected chi connectivity index (χ0v) is 14.2. The largest absolute Gasteiger partial charge is 0.371 e. The molecule has 2 saturated carbocycles. The van der Waals surface area contributed by atoms with Gasteiger partial charge in [-0.3, -0.25) is 9.59 Å². The van der Waals surface area contributed by atoms with Crippen molar-refractivity contribution in [3.8, 4) is 0 Å². The summed E-state index contributed by atoms with van der Waals surface area (Å²) in [6.07, 6.45) is 8.49. The van der Waals surface area contributed by atoms with Crippen molar-refractivity contribution in [3.63, 3.8) is 0 Å². The molecule has 2 aliphatic heterocycles. The van der Waals surface area contributed by atoms with Gasteiger partial charge < -0.3 is 20.1 Å². The van der Waals surface area contributed by atoms with Crippen molar-refractivity contribution in [1.82, 2.24) is 10.6 Å². The highest BCUT2D eigenvalue weighted by Gasteiger charge is 2.49. The molecule has 6 nitrogen and oxygen atoms in total. The SMILES string of the molecule is O=C(CCC1CCCC1)N[C@H]1CO[C@H]2[C@@H]1OC[C@@H]2NC(=O)C1CC1. The van der Waals surface area contributed by atoms with Crippen LogP contribution in [-0.2, 0) is 19.1 Å². The summed E-state index contributed by atoms with van der Waals surface area (Å²) in [4.78, 5) is 24.1. The second-order valence-corrected chi connectivity index (χ2v) is 7.85. The molecule has 134 valence electrons. The molecule has 2 heterocycles. The van der Waals surface area contributed by atoms with Gasteiger partial charge in [-0.15, -0.1) is 0 Å². The molecule has 2 aliphatic carbocycles. The number of hydrogen-bond acceptors (Lipinski definition) is 4. The summed E-state index contributed by atoms with van der Waals surface area (Å²) in [5, 5.41) is 6.13. The second kappa shape index (κ2) is 7.00. The highest BCUT2D eigenvalue weighted by atomic mass is 16.6. The van der Waals surface area contributed by atoms with Crippen molar-refractivity contribution in [2.75, 3.05) is 13.2 Å². The smallest absolute Gasteiger partial charge is 0.223 e. The highest BCUT2D eigenvalue weighted by molar-refractivity contribution is 5.81. The fourth-order valence-electron chi connectivity index (χ4n) is 4.31. The Morgan fingerprint density at radius 3 is 2.12 bits per heavy atom. The van der Waals surface area contributed by atoms with E-state index < -0.39 is 0 Å². The molecule has 0 unspecified atom stereocenters. The average Bonchev–Trinajstić information content (AvgIpc) is 2.98. The van der Waals surface area contributed by atoms with E-state index >= 15 is 0 Å². The van der Waals surface area contributed by atoms with Crippen LogP contribution < -0.4 is 10.6 Å². The van der Waals surface area contributed by atoms with Crippen molar-refractivity contribution in [3.05, 3.63) is 0 Å². The van der Waals surface area contributed by atoms with Gasteiger partial charge in [0.1, 0.15) is 12.2 Å². The van der Waals surface area contributed by atoms with Crippen LogP contribution in [0.2, 0.25) is 0 Å². The third-order valence-corrected chi connectivity index (χ3v) is 5.93. The minimum atomic E-state index is -0.134. The summed E-state index contributed by atoms with van der Waals surface area (Å²) < 4.78 is 11.7. The number of ether oxygens (including phenoxy) is 2. The lowest BCUT2D eigenvalue weighted by Crippen LogP contribution is -2.47. The summed E-state index contributed by atoms with van der Waals surface area (Å²) in [5.74, 6) is 1.15. The lowest BCUT2D eigenvalue weighted by molar-refractivity contribution is -0.123. The number of carbonyl (C=O) groups is 2. The maximum atomic E-state index is 12.2. The Morgan fingerprint density at radius 2 is 1.50 bits per heavy atom. The lowest BCUT2D eigenvalue weighted by atomic mass is 10.0. The van der Waals surface area contributed by atoms with Gasteiger partial charge in [0.2, 0.25) is 11.8 Å². The van der Waals surface area contributed by atoms with Gasteiger partial charge >= 0.3 is 0 Å². The molecule has 0 aromatic rings. The van der Waals surface area contributed by atoms with Crippen LogP contribution in [0.4, 0.5) is 0 Å². The van der Waals surface area contributed by atoms with E-state index in [0.29, 0.717) is 19.6 Å². The molecule has 24 heavy (non-hydrogen) atoms. The van der Waals surface area contributed by atoms with Gasteiger partial charge in [0.25, 0.3) is 0 Å². The molecule has 4 atom stereocenters. The molecule has 0 radical (unpaired) electrons. The molecule has 0 aromatic heterocycles. The molecule has 4 fully saturated rings. The van der Waals surface area contributed by atoms with Crippen LogP contribution in [0.3, 0.4) is 0 Å².